The van der Waals surface area contributed by atoms with Crippen molar-refractivity contribution in [1.82, 2.24) is 0 Å². The van der Waals surface area contributed by atoms with Crippen molar-refractivity contribution < 1.29 is 20.1 Å². The quantitative estimate of drug-likeness (QED) is 0.404. The van der Waals surface area contributed by atoms with Crippen LogP contribution < -0.4 is 0 Å². The standard InChI is InChI=1S/C14H19N3O4/c1-14(2,13(20)21)10-5-3-9(4-6-10)12(19)11(18)7-8-16-17-15/h3-6,11-12,18-19H,7-8H2,1-2H3,(H,20,21). The molecule has 114 valence electrons. The van der Waals surface area contributed by atoms with Gasteiger partial charge in [0.2, 0.25) is 0 Å². The van der Waals surface area contributed by atoms with Gasteiger partial charge in [-0.15, -0.1) is 0 Å². The molecule has 1 rings (SSSR count). The van der Waals surface area contributed by atoms with Crippen LogP contribution in [-0.2, 0) is 10.2 Å². The molecule has 0 aliphatic heterocycles. The molecule has 0 aliphatic rings. The molecule has 2 atom stereocenters. The van der Waals surface area contributed by atoms with Crippen LogP contribution in [0, 0.1) is 0 Å². The Morgan fingerprint density at radius 1 is 1.33 bits per heavy atom. The first-order valence-electron chi connectivity index (χ1n) is 6.51. The zero-order valence-corrected chi connectivity index (χ0v) is 12.0. The van der Waals surface area contributed by atoms with Gasteiger partial charge >= 0.3 is 5.97 Å². The van der Waals surface area contributed by atoms with Gasteiger partial charge in [0.1, 0.15) is 6.10 Å². The van der Waals surface area contributed by atoms with E-state index in [1.54, 1.807) is 38.1 Å². The minimum Gasteiger partial charge on any atom is -0.481 e. The minimum atomic E-state index is -1.11. The lowest BCUT2D eigenvalue weighted by molar-refractivity contribution is -0.142. The van der Waals surface area contributed by atoms with Crippen molar-refractivity contribution in [3.63, 3.8) is 0 Å². The number of carbonyl (C=O) groups is 1. The first-order valence-corrected chi connectivity index (χ1v) is 6.51. The van der Waals surface area contributed by atoms with Crippen molar-refractivity contribution in [2.75, 3.05) is 6.54 Å². The maximum Gasteiger partial charge on any atom is 0.313 e. The molecule has 0 aromatic heterocycles. The van der Waals surface area contributed by atoms with E-state index >= 15 is 0 Å². The Labute approximate surface area is 122 Å². The number of hydrogen-bond donors (Lipinski definition) is 3. The smallest absolute Gasteiger partial charge is 0.313 e. The van der Waals surface area contributed by atoms with Crippen molar-refractivity contribution in [3.05, 3.63) is 45.8 Å². The summed E-state index contributed by atoms with van der Waals surface area (Å²) in [7, 11) is 0. The van der Waals surface area contributed by atoms with E-state index in [0.29, 0.717) is 11.1 Å². The monoisotopic (exact) mass is 293 g/mol. The number of aliphatic hydroxyl groups excluding tert-OH is 2. The van der Waals surface area contributed by atoms with Gasteiger partial charge in [0.05, 0.1) is 11.5 Å². The lowest BCUT2D eigenvalue weighted by atomic mass is 9.84. The molecule has 0 saturated heterocycles. The van der Waals surface area contributed by atoms with Gasteiger partial charge in [-0.05, 0) is 36.9 Å². The van der Waals surface area contributed by atoms with E-state index in [1.165, 1.54) is 0 Å². The molecule has 0 saturated carbocycles. The van der Waals surface area contributed by atoms with Crippen molar-refractivity contribution >= 4 is 5.97 Å². The Balaban J connectivity index is 2.82. The second-order valence-electron chi connectivity index (χ2n) is 5.31. The van der Waals surface area contributed by atoms with Gasteiger partial charge in [0.25, 0.3) is 0 Å². The van der Waals surface area contributed by atoms with E-state index in [-0.39, 0.29) is 13.0 Å². The number of rotatable bonds is 7. The normalized spacial score (nSPS) is 14.1. The summed E-state index contributed by atoms with van der Waals surface area (Å²) in [5.41, 5.74) is 8.21. The molecule has 1 aromatic carbocycles. The Kier molecular flexibility index (Phi) is 5.72. The van der Waals surface area contributed by atoms with Crippen molar-refractivity contribution in [3.8, 4) is 0 Å². The first kappa shape index (κ1) is 17.0. The van der Waals surface area contributed by atoms with Gasteiger partial charge in [0, 0.05) is 11.5 Å². The minimum absolute atomic E-state index is 0.0961. The van der Waals surface area contributed by atoms with Crippen LogP contribution in [0.25, 0.3) is 10.4 Å². The number of carboxylic acid groups (broad SMARTS) is 1. The third-order valence-electron chi connectivity index (χ3n) is 3.46. The molecule has 0 spiro atoms. The Hall–Kier alpha value is -2.08. The van der Waals surface area contributed by atoms with E-state index in [2.05, 4.69) is 10.0 Å². The third-order valence-corrected chi connectivity index (χ3v) is 3.46. The summed E-state index contributed by atoms with van der Waals surface area (Å²) in [5.74, 6) is -0.940. The van der Waals surface area contributed by atoms with Gasteiger partial charge in [-0.3, -0.25) is 4.79 Å². The van der Waals surface area contributed by atoms with E-state index in [1.807, 2.05) is 0 Å². The number of nitrogens with zero attached hydrogens (tertiary/aromatic N) is 3. The van der Waals surface area contributed by atoms with Crippen LogP contribution in [0.3, 0.4) is 0 Å². The van der Waals surface area contributed by atoms with Crippen molar-refractivity contribution in [2.24, 2.45) is 5.11 Å². The fraction of sp³-hybridized carbons (Fsp3) is 0.500. The van der Waals surface area contributed by atoms with E-state index < -0.39 is 23.6 Å². The second kappa shape index (κ2) is 7.08. The molecule has 0 heterocycles. The largest absolute Gasteiger partial charge is 0.481 e. The Morgan fingerprint density at radius 2 is 1.90 bits per heavy atom. The van der Waals surface area contributed by atoms with Gasteiger partial charge < -0.3 is 15.3 Å². The molecule has 1 aromatic rings. The number of azide groups is 1. The SMILES string of the molecule is CC(C)(C(=O)O)c1ccc(C(O)C(O)CCN=[N+]=[N-])cc1. The highest BCUT2D eigenvalue weighted by Crippen LogP contribution is 2.26. The van der Waals surface area contributed by atoms with Crippen LogP contribution in [0.1, 0.15) is 37.5 Å². The summed E-state index contributed by atoms with van der Waals surface area (Å²) in [6, 6.07) is 6.41. The van der Waals surface area contributed by atoms with Crippen LogP contribution in [0.2, 0.25) is 0 Å². The average Bonchev–Trinajstić information content (AvgIpc) is 2.46. The molecule has 7 heteroatoms. The number of benzene rings is 1. The zero-order chi connectivity index (χ0) is 16.0. The highest BCUT2D eigenvalue weighted by molar-refractivity contribution is 5.80. The lowest BCUT2D eigenvalue weighted by Crippen LogP contribution is -2.28. The number of aliphatic carboxylic acids is 1. The fourth-order valence-corrected chi connectivity index (χ4v) is 1.84. The first-order chi connectivity index (χ1) is 9.80. The van der Waals surface area contributed by atoms with E-state index in [4.69, 9.17) is 10.6 Å². The molecule has 0 bridgehead atoms. The van der Waals surface area contributed by atoms with Gasteiger partial charge in [-0.2, -0.15) is 0 Å². The van der Waals surface area contributed by atoms with Crippen LogP contribution >= 0.6 is 0 Å². The average molecular weight is 293 g/mol. The highest BCUT2D eigenvalue weighted by atomic mass is 16.4. The van der Waals surface area contributed by atoms with E-state index in [9.17, 15) is 15.0 Å². The molecule has 0 radical (unpaired) electrons. The fourth-order valence-electron chi connectivity index (χ4n) is 1.84. The van der Waals surface area contributed by atoms with Gasteiger partial charge in [0.15, 0.2) is 0 Å². The maximum atomic E-state index is 11.2. The van der Waals surface area contributed by atoms with Crippen molar-refractivity contribution in [1.29, 1.82) is 0 Å². The van der Waals surface area contributed by atoms with Crippen molar-refractivity contribution in [2.45, 2.75) is 37.9 Å². The molecule has 0 amide bonds. The second-order valence-corrected chi connectivity index (χ2v) is 5.31. The molecule has 0 fully saturated rings. The summed E-state index contributed by atoms with van der Waals surface area (Å²) in [5, 5.41) is 32.2. The predicted octanol–water partition coefficient (Wildman–Crippen LogP) is 2.14. The number of hydrogen-bond acceptors (Lipinski definition) is 4. The number of aliphatic hydroxyl groups is 2. The summed E-state index contributed by atoms with van der Waals surface area (Å²) in [6.45, 7) is 3.28. The lowest BCUT2D eigenvalue weighted by Gasteiger charge is -2.22. The Morgan fingerprint density at radius 3 is 2.38 bits per heavy atom. The van der Waals surface area contributed by atoms with Crippen LogP contribution in [0.5, 0.6) is 0 Å². The molecule has 0 aliphatic carbocycles. The maximum absolute atomic E-state index is 11.2. The van der Waals surface area contributed by atoms with Crippen LogP contribution in [0.4, 0.5) is 0 Å². The summed E-state index contributed by atoms with van der Waals surface area (Å²) < 4.78 is 0. The Bertz CT molecular complexity index is 536. The molecular weight excluding hydrogens is 274 g/mol. The van der Waals surface area contributed by atoms with Gasteiger partial charge in [-0.25, -0.2) is 0 Å². The zero-order valence-electron chi connectivity index (χ0n) is 12.0. The molecule has 2 unspecified atom stereocenters. The third kappa shape index (κ3) is 4.19. The van der Waals surface area contributed by atoms with Crippen LogP contribution in [-0.4, -0.2) is 33.9 Å². The summed E-state index contributed by atoms with van der Waals surface area (Å²) >= 11 is 0. The molecule has 7 nitrogen and oxygen atoms in total. The topological polar surface area (TPSA) is 127 Å². The summed E-state index contributed by atoms with van der Waals surface area (Å²) in [6.07, 6.45) is -2.01. The van der Waals surface area contributed by atoms with E-state index in [0.717, 1.165) is 0 Å². The number of carboxylic acids is 1. The molecular formula is C14H19N3O4. The predicted molar refractivity (Wildman–Crippen MR) is 76.7 cm³/mol. The summed E-state index contributed by atoms with van der Waals surface area (Å²) in [4.78, 5) is 13.7. The van der Waals surface area contributed by atoms with Crippen LogP contribution in [0.15, 0.2) is 29.4 Å². The molecule has 3 N–H and O–H groups in total. The highest BCUT2D eigenvalue weighted by Gasteiger charge is 2.29. The molecule has 21 heavy (non-hydrogen) atoms. The van der Waals surface area contributed by atoms with Gasteiger partial charge in [-0.1, -0.05) is 29.4 Å².